The quantitative estimate of drug-likeness (QED) is 0.609. The van der Waals surface area contributed by atoms with Crippen LogP contribution < -0.4 is 0 Å². The van der Waals surface area contributed by atoms with Crippen molar-refractivity contribution in [3.8, 4) is 0 Å². The fourth-order valence-corrected chi connectivity index (χ4v) is 7.57. The average molecular weight is 202 g/mol. The third-order valence-electron chi connectivity index (χ3n) is 2.71. The molecular weight excluding hydrogens is 183 g/mol. The molecule has 1 rings (SSSR count). The standard InChI is InChI=1S/C10H19PS/c1-4-6-8-11(5-2)9-7-10(11)12-3/h5,7,9-11H,2,4,6,8H2,1,3H3. The van der Waals surface area contributed by atoms with E-state index in [-0.39, 0.29) is 0 Å². The number of unbranched alkanes of at least 4 members (excludes halogenated alkanes) is 1. The van der Waals surface area contributed by atoms with Crippen molar-refractivity contribution >= 4 is 19.0 Å². The van der Waals surface area contributed by atoms with Crippen LogP contribution in [0.2, 0.25) is 0 Å². The summed E-state index contributed by atoms with van der Waals surface area (Å²) in [6.45, 7) is 6.27. The molecular formula is C10H19PS. The molecule has 1 unspecified atom stereocenters. The van der Waals surface area contributed by atoms with E-state index in [2.05, 4.69) is 37.5 Å². The molecule has 0 radical (unpaired) electrons. The molecule has 0 aromatic heterocycles. The van der Waals surface area contributed by atoms with Crippen molar-refractivity contribution < 1.29 is 0 Å². The Balaban J connectivity index is 2.53. The van der Waals surface area contributed by atoms with Crippen LogP contribution in [-0.2, 0) is 0 Å². The van der Waals surface area contributed by atoms with Gasteiger partial charge in [0.1, 0.15) is 0 Å². The molecule has 12 heavy (non-hydrogen) atoms. The molecule has 0 fully saturated rings. The zero-order chi connectivity index (χ0) is 9.03. The van der Waals surface area contributed by atoms with Crippen molar-refractivity contribution in [2.75, 3.05) is 12.4 Å². The van der Waals surface area contributed by atoms with E-state index in [1.54, 1.807) is 0 Å². The topological polar surface area (TPSA) is 0 Å². The van der Waals surface area contributed by atoms with Crippen LogP contribution in [0.15, 0.2) is 24.3 Å². The molecule has 0 nitrogen and oxygen atoms in total. The summed E-state index contributed by atoms with van der Waals surface area (Å²) in [5.41, 5.74) is 0. The van der Waals surface area contributed by atoms with Gasteiger partial charge in [-0.1, -0.05) is 0 Å². The maximum absolute atomic E-state index is 4.00. The average Bonchev–Trinajstić information content (AvgIpc) is 2.06. The predicted octanol–water partition coefficient (Wildman–Crippen LogP) is 3.90. The van der Waals surface area contributed by atoms with Crippen molar-refractivity contribution in [1.29, 1.82) is 0 Å². The molecule has 0 aromatic carbocycles. The van der Waals surface area contributed by atoms with E-state index in [0.717, 1.165) is 4.99 Å². The Bertz CT molecular complexity index is 188. The fraction of sp³-hybridized carbons (Fsp3) is 0.600. The van der Waals surface area contributed by atoms with Crippen LogP contribution in [0.4, 0.5) is 0 Å². The van der Waals surface area contributed by atoms with Gasteiger partial charge >= 0.3 is 80.5 Å². The zero-order valence-corrected chi connectivity index (χ0v) is 9.86. The van der Waals surface area contributed by atoms with Crippen LogP contribution in [0.25, 0.3) is 0 Å². The van der Waals surface area contributed by atoms with Crippen molar-refractivity contribution in [2.45, 2.75) is 24.8 Å². The van der Waals surface area contributed by atoms with E-state index in [4.69, 9.17) is 0 Å². The van der Waals surface area contributed by atoms with Gasteiger partial charge in [0.2, 0.25) is 0 Å². The van der Waals surface area contributed by atoms with E-state index in [0.29, 0.717) is 0 Å². The Labute approximate surface area is 80.8 Å². The second kappa shape index (κ2) is 4.48. The molecule has 0 saturated carbocycles. The van der Waals surface area contributed by atoms with Gasteiger partial charge in [-0.25, -0.2) is 0 Å². The first-order chi connectivity index (χ1) is 5.79. The second-order valence-electron chi connectivity index (χ2n) is 3.44. The van der Waals surface area contributed by atoms with Gasteiger partial charge in [-0.15, -0.1) is 0 Å². The van der Waals surface area contributed by atoms with Crippen molar-refractivity contribution in [3.05, 3.63) is 24.3 Å². The first kappa shape index (κ1) is 10.3. The monoisotopic (exact) mass is 202 g/mol. The minimum absolute atomic E-state index is 0.821. The summed E-state index contributed by atoms with van der Waals surface area (Å²) in [6.07, 6.45) is 8.67. The van der Waals surface area contributed by atoms with Gasteiger partial charge in [0.25, 0.3) is 0 Å². The van der Waals surface area contributed by atoms with E-state index < -0.39 is 7.26 Å². The summed E-state index contributed by atoms with van der Waals surface area (Å²) >= 11 is 2.00. The Kier molecular flexibility index (Phi) is 3.86. The summed E-state index contributed by atoms with van der Waals surface area (Å²) < 4.78 is 0. The van der Waals surface area contributed by atoms with Crippen LogP contribution in [-0.4, -0.2) is 17.4 Å². The fourth-order valence-electron chi connectivity index (χ4n) is 1.71. The Hall–Kier alpha value is 0.260. The first-order valence-electron chi connectivity index (χ1n) is 4.65. The van der Waals surface area contributed by atoms with E-state index >= 15 is 0 Å². The Morgan fingerprint density at radius 2 is 2.42 bits per heavy atom. The number of rotatable bonds is 5. The molecule has 2 heteroatoms. The van der Waals surface area contributed by atoms with Gasteiger partial charge in [-0.05, 0) is 0 Å². The maximum atomic E-state index is 4.00. The zero-order valence-electron chi connectivity index (χ0n) is 8.05. The van der Waals surface area contributed by atoms with Crippen molar-refractivity contribution in [3.63, 3.8) is 0 Å². The van der Waals surface area contributed by atoms with Gasteiger partial charge in [0, 0.05) is 0 Å². The molecule has 0 bridgehead atoms. The molecule has 0 aromatic rings. The SMILES string of the molecule is C=C[PH]1(CCCC)C=CC1SC. The summed E-state index contributed by atoms with van der Waals surface area (Å²) in [4.78, 5) is 0.821. The van der Waals surface area contributed by atoms with Gasteiger partial charge < -0.3 is 0 Å². The number of hydrogen-bond donors (Lipinski definition) is 0. The van der Waals surface area contributed by atoms with Crippen molar-refractivity contribution in [1.82, 2.24) is 0 Å². The normalized spacial score (nSPS) is 27.7. The number of thioether (sulfide) groups is 1. The van der Waals surface area contributed by atoms with Crippen LogP contribution in [0.3, 0.4) is 0 Å². The van der Waals surface area contributed by atoms with Crippen LogP contribution in [0.1, 0.15) is 19.8 Å². The second-order valence-corrected chi connectivity index (χ2v) is 8.92. The molecule has 1 heterocycles. The van der Waals surface area contributed by atoms with Gasteiger partial charge in [0.05, 0.1) is 0 Å². The first-order valence-corrected chi connectivity index (χ1v) is 8.37. The molecule has 1 aliphatic rings. The molecule has 0 aliphatic carbocycles. The summed E-state index contributed by atoms with van der Waals surface area (Å²) in [7, 11) is -1.12. The molecule has 0 amide bonds. The summed E-state index contributed by atoms with van der Waals surface area (Å²) in [5, 5.41) is 0. The third kappa shape index (κ3) is 1.78. The van der Waals surface area contributed by atoms with Crippen molar-refractivity contribution in [2.24, 2.45) is 0 Å². The molecule has 1 atom stereocenters. The summed E-state index contributed by atoms with van der Waals surface area (Å²) in [5.74, 6) is 4.72. The Morgan fingerprint density at radius 1 is 1.67 bits per heavy atom. The summed E-state index contributed by atoms with van der Waals surface area (Å²) in [6, 6.07) is 0. The molecule has 0 N–H and O–H groups in total. The van der Waals surface area contributed by atoms with E-state index in [9.17, 15) is 0 Å². The Morgan fingerprint density at radius 3 is 2.75 bits per heavy atom. The van der Waals surface area contributed by atoms with Gasteiger partial charge in [-0.3, -0.25) is 0 Å². The van der Waals surface area contributed by atoms with E-state index in [1.807, 2.05) is 11.8 Å². The predicted molar refractivity (Wildman–Crippen MR) is 64.7 cm³/mol. The molecule has 0 spiro atoms. The molecule has 1 aliphatic heterocycles. The molecule has 0 saturated heterocycles. The van der Waals surface area contributed by atoms with E-state index in [1.165, 1.54) is 19.0 Å². The van der Waals surface area contributed by atoms with Gasteiger partial charge in [0.15, 0.2) is 0 Å². The van der Waals surface area contributed by atoms with Crippen LogP contribution in [0, 0.1) is 0 Å². The molecule has 70 valence electrons. The third-order valence-corrected chi connectivity index (χ3v) is 9.44. The van der Waals surface area contributed by atoms with Crippen LogP contribution >= 0.6 is 19.0 Å². The minimum atomic E-state index is -1.12. The van der Waals surface area contributed by atoms with Gasteiger partial charge in [-0.2, -0.15) is 0 Å². The van der Waals surface area contributed by atoms with Crippen LogP contribution in [0.5, 0.6) is 0 Å². The number of hydrogen-bond acceptors (Lipinski definition) is 1.